The Morgan fingerprint density at radius 1 is 0.229 bits per heavy atom. The average molecular weight is 1060 g/mol. The molecule has 83 heavy (non-hydrogen) atoms. The summed E-state index contributed by atoms with van der Waals surface area (Å²) in [6, 6.07) is 113. The lowest BCUT2D eigenvalue weighted by Crippen LogP contribution is -2.61. The van der Waals surface area contributed by atoms with Gasteiger partial charge in [0.05, 0.1) is 11.4 Å². The number of fused-ring (bicyclic) bond motifs is 6. The van der Waals surface area contributed by atoms with Gasteiger partial charge in [0.25, 0.3) is 6.71 Å². The molecule has 0 saturated carbocycles. The Kier molecular flexibility index (Phi) is 11.6. The first-order chi connectivity index (χ1) is 41.1. The summed E-state index contributed by atoms with van der Waals surface area (Å²) in [5.41, 5.74) is 24.1. The minimum atomic E-state index is -0.164. The van der Waals surface area contributed by atoms with E-state index in [-0.39, 0.29) is 6.71 Å². The van der Waals surface area contributed by atoms with Gasteiger partial charge >= 0.3 is 0 Å². The molecule has 0 spiro atoms. The van der Waals surface area contributed by atoms with E-state index in [2.05, 4.69) is 313 Å². The third-order valence-corrected chi connectivity index (χ3v) is 16.7. The first-order valence-electron chi connectivity index (χ1n) is 28.5. The number of anilines is 6. The zero-order chi connectivity index (χ0) is 54.8. The molecule has 3 heterocycles. The summed E-state index contributed by atoms with van der Waals surface area (Å²) in [6.07, 6.45) is 0. The van der Waals surface area contributed by atoms with E-state index in [0.717, 1.165) is 107 Å². The number of benzene rings is 13. The summed E-state index contributed by atoms with van der Waals surface area (Å²) in [4.78, 5) is 16.0. The van der Waals surface area contributed by atoms with Crippen LogP contribution in [0, 0.1) is 0 Å². The molecule has 0 saturated heterocycles. The first-order valence-corrected chi connectivity index (χ1v) is 28.5. The molecule has 0 aliphatic carbocycles. The lowest BCUT2D eigenvalue weighted by Gasteiger charge is -2.45. The smallest absolute Gasteiger partial charge is 0.252 e. The Morgan fingerprint density at radius 2 is 0.542 bits per heavy atom. The van der Waals surface area contributed by atoms with Crippen LogP contribution in [-0.2, 0) is 0 Å². The average Bonchev–Trinajstić information content (AvgIpc) is 0.974. The van der Waals surface area contributed by atoms with Gasteiger partial charge in [-0.2, -0.15) is 0 Å². The predicted octanol–water partition coefficient (Wildman–Crippen LogP) is 18.5. The monoisotopic (exact) mass is 1050 g/mol. The van der Waals surface area contributed by atoms with Gasteiger partial charge in [0, 0.05) is 50.8 Å². The van der Waals surface area contributed by atoms with Crippen molar-refractivity contribution in [2.75, 3.05) is 9.80 Å². The van der Waals surface area contributed by atoms with Gasteiger partial charge in [-0.25, -0.2) is 9.97 Å². The number of hydrogen-bond donors (Lipinski definition) is 0. The number of hydrogen-bond acceptors (Lipinski definition) is 4. The van der Waals surface area contributed by atoms with Crippen molar-refractivity contribution in [3.8, 4) is 78.4 Å². The molecule has 0 atom stereocenters. The van der Waals surface area contributed by atoms with E-state index in [1.54, 1.807) is 0 Å². The highest BCUT2D eigenvalue weighted by atomic mass is 15.2. The summed E-state index contributed by atoms with van der Waals surface area (Å²) in [7, 11) is 0. The third-order valence-electron chi connectivity index (χ3n) is 16.7. The van der Waals surface area contributed by atoms with Crippen LogP contribution >= 0.6 is 0 Å². The van der Waals surface area contributed by atoms with E-state index >= 15 is 0 Å². The van der Waals surface area contributed by atoms with Gasteiger partial charge in [-0.15, -0.1) is 0 Å². The molecule has 16 rings (SSSR count). The fourth-order valence-electron chi connectivity index (χ4n) is 12.8. The number of aromatic nitrogens is 2. The molecule has 2 aliphatic rings. The van der Waals surface area contributed by atoms with E-state index < -0.39 is 0 Å². The molecule has 386 valence electrons. The molecule has 0 bridgehead atoms. The molecular weight excluding hydrogens is 1000 g/mol. The van der Waals surface area contributed by atoms with Gasteiger partial charge in [-0.3, -0.25) is 0 Å². The maximum absolute atomic E-state index is 5.59. The van der Waals surface area contributed by atoms with Crippen LogP contribution in [0.1, 0.15) is 0 Å². The molecular formula is C78H51BN4. The van der Waals surface area contributed by atoms with E-state index in [1.165, 1.54) is 37.9 Å². The van der Waals surface area contributed by atoms with E-state index in [4.69, 9.17) is 9.97 Å². The number of nitrogens with zero attached hydrogens (tertiary/aromatic N) is 4. The van der Waals surface area contributed by atoms with Crippen molar-refractivity contribution in [1.29, 1.82) is 0 Å². The molecule has 0 unspecified atom stereocenters. The van der Waals surface area contributed by atoms with Gasteiger partial charge in [0.1, 0.15) is 0 Å². The summed E-state index contributed by atoms with van der Waals surface area (Å²) >= 11 is 0. The Hall–Kier alpha value is -10.9. The molecule has 4 nitrogen and oxygen atoms in total. The van der Waals surface area contributed by atoms with Crippen LogP contribution in [0.5, 0.6) is 0 Å². The van der Waals surface area contributed by atoms with Crippen molar-refractivity contribution in [1.82, 2.24) is 9.97 Å². The highest BCUT2D eigenvalue weighted by Crippen LogP contribution is 2.50. The zero-order valence-corrected chi connectivity index (χ0v) is 45.3. The van der Waals surface area contributed by atoms with Crippen molar-refractivity contribution < 1.29 is 0 Å². The summed E-state index contributed by atoms with van der Waals surface area (Å²) < 4.78 is 0. The SMILES string of the molecule is c1ccc(-c2cc(-c3ccccc3)cc(N3c4cc5ccccc5cc4B4c5cc6ccccc6cc5N(c5cc(-c6ccccc6)cc(-c6ccccc6)c5)c5cc(-c6cc(-c7ccccc7)nc(-c7ccccc7)n6)cc3c54)c2)cc1. The number of rotatable bonds is 9. The van der Waals surface area contributed by atoms with Gasteiger partial charge in [-0.1, -0.05) is 243 Å². The largest absolute Gasteiger partial charge is 0.311 e. The fourth-order valence-corrected chi connectivity index (χ4v) is 12.8. The molecule has 14 aromatic rings. The first kappa shape index (κ1) is 48.1. The molecule has 1 aromatic heterocycles. The molecule has 5 heteroatoms. The van der Waals surface area contributed by atoms with Crippen molar-refractivity contribution in [2.45, 2.75) is 0 Å². The highest BCUT2D eigenvalue weighted by Gasteiger charge is 2.44. The van der Waals surface area contributed by atoms with Crippen LogP contribution in [0.3, 0.4) is 0 Å². The summed E-state index contributed by atoms with van der Waals surface area (Å²) in [6.45, 7) is -0.164. The maximum atomic E-state index is 5.59. The van der Waals surface area contributed by atoms with Gasteiger partial charge in [0.2, 0.25) is 0 Å². The fraction of sp³-hybridized carbons (Fsp3) is 0. The molecule has 0 radical (unpaired) electrons. The Bertz CT molecular complexity index is 4370. The van der Waals surface area contributed by atoms with Crippen LogP contribution < -0.4 is 26.2 Å². The second-order valence-corrected chi connectivity index (χ2v) is 21.7. The van der Waals surface area contributed by atoms with Crippen LogP contribution in [0.2, 0.25) is 0 Å². The van der Waals surface area contributed by atoms with Gasteiger partial charge in [-0.05, 0) is 149 Å². The normalized spacial score (nSPS) is 12.3. The Morgan fingerprint density at radius 3 is 0.916 bits per heavy atom. The molecule has 2 aliphatic heterocycles. The summed E-state index contributed by atoms with van der Waals surface area (Å²) in [5.74, 6) is 0.666. The van der Waals surface area contributed by atoms with Gasteiger partial charge in [0.15, 0.2) is 5.82 Å². The maximum Gasteiger partial charge on any atom is 0.252 e. The van der Waals surface area contributed by atoms with Crippen LogP contribution in [-0.4, -0.2) is 16.7 Å². The van der Waals surface area contributed by atoms with Crippen molar-refractivity contribution in [2.24, 2.45) is 0 Å². The van der Waals surface area contributed by atoms with Crippen LogP contribution in [0.4, 0.5) is 34.1 Å². The van der Waals surface area contributed by atoms with Crippen molar-refractivity contribution in [3.05, 3.63) is 309 Å². The Balaban J connectivity index is 1.06. The predicted molar refractivity (Wildman–Crippen MR) is 349 cm³/mol. The van der Waals surface area contributed by atoms with Crippen molar-refractivity contribution >= 4 is 78.8 Å². The minimum Gasteiger partial charge on any atom is -0.311 e. The Labute approximate surface area is 483 Å². The van der Waals surface area contributed by atoms with Crippen molar-refractivity contribution in [3.63, 3.8) is 0 Å². The minimum absolute atomic E-state index is 0.164. The van der Waals surface area contributed by atoms with Crippen LogP contribution in [0.25, 0.3) is 100.0 Å². The zero-order valence-electron chi connectivity index (χ0n) is 45.3. The quantitative estimate of drug-likeness (QED) is 0.135. The molecule has 0 amide bonds. The van der Waals surface area contributed by atoms with E-state index in [9.17, 15) is 0 Å². The highest BCUT2D eigenvalue weighted by molar-refractivity contribution is 7.00. The third kappa shape index (κ3) is 8.57. The topological polar surface area (TPSA) is 32.3 Å². The molecule has 0 fully saturated rings. The van der Waals surface area contributed by atoms with Gasteiger partial charge < -0.3 is 9.80 Å². The second-order valence-electron chi connectivity index (χ2n) is 21.7. The summed E-state index contributed by atoms with van der Waals surface area (Å²) in [5, 5.41) is 4.76. The molecule has 13 aromatic carbocycles. The lowest BCUT2D eigenvalue weighted by atomic mass is 9.33. The second kappa shape index (κ2) is 20.0. The molecule has 0 N–H and O–H groups in total. The standard InChI is InChI=1S/C78H51BN4/c1-7-23-52(24-8-1)62-39-63(53-25-9-2-10-26-53)42-67(41-62)82-73-47-60-37-21-19-35-58(60)45-69(73)79-70-46-59-36-20-22-38-61(59)48-74(70)83(68-43-64(54-27-11-3-12-28-54)40-65(44-68)55-29-13-4-14-30-55)76-50-66(49-75(82)77(76)79)72-51-71(56-31-15-5-16-32-56)80-78(81-72)57-33-17-6-18-34-57/h1-51H. The lowest BCUT2D eigenvalue weighted by molar-refractivity contribution is 1.18. The van der Waals surface area contributed by atoms with E-state index in [1.807, 2.05) is 6.07 Å². The van der Waals surface area contributed by atoms with E-state index in [0.29, 0.717) is 5.82 Å². The van der Waals surface area contributed by atoms with Crippen LogP contribution in [0.15, 0.2) is 309 Å².